The fraction of sp³-hybridized carbons (Fsp3) is 0. The summed E-state index contributed by atoms with van der Waals surface area (Å²) in [4.78, 5) is 0. The molecule has 0 saturated carbocycles. The molecule has 8 heavy (non-hydrogen) atoms. The molecular weight excluding hydrogens is 252 g/mol. The van der Waals surface area contributed by atoms with Crippen LogP contribution in [0.1, 0.15) is 0 Å². The van der Waals surface area contributed by atoms with Crippen LogP contribution in [0.2, 0.25) is 0 Å². The van der Waals surface area contributed by atoms with Crippen molar-refractivity contribution >= 4 is 0 Å². The Morgan fingerprint density at radius 3 is 0.250 bits per heavy atom. The molecular formula is H14CeO7+3. The third kappa shape index (κ3) is 219. The Hall–Kier alpha value is 1.10. The molecule has 57 valence electrons. The summed E-state index contributed by atoms with van der Waals surface area (Å²) in [5.74, 6) is 0. The Morgan fingerprint density at radius 1 is 0.250 bits per heavy atom. The van der Waals surface area contributed by atoms with E-state index in [1.165, 1.54) is 0 Å². The van der Waals surface area contributed by atoms with Crippen molar-refractivity contribution < 1.29 is 80.1 Å². The van der Waals surface area contributed by atoms with E-state index in [1.54, 1.807) is 0 Å². The molecule has 0 aliphatic heterocycles. The summed E-state index contributed by atoms with van der Waals surface area (Å²) in [6.07, 6.45) is 0. The second-order valence-corrected chi connectivity index (χ2v) is 0. The predicted octanol–water partition coefficient (Wildman–Crippen LogP) is -5.77. The van der Waals surface area contributed by atoms with Gasteiger partial charge in [0.1, 0.15) is 0 Å². The van der Waals surface area contributed by atoms with Gasteiger partial charge in [-0.05, 0) is 0 Å². The van der Waals surface area contributed by atoms with E-state index in [1.807, 2.05) is 0 Å². The molecule has 8 heteroatoms. The van der Waals surface area contributed by atoms with Crippen LogP contribution < -0.4 is 0 Å². The fourth-order valence-corrected chi connectivity index (χ4v) is 0. The number of hydrogen-bond acceptors (Lipinski definition) is 0. The van der Waals surface area contributed by atoms with Crippen LogP contribution in [0.25, 0.3) is 0 Å². The fourth-order valence-electron chi connectivity index (χ4n) is 0. The molecule has 1 radical (unpaired) electrons. The van der Waals surface area contributed by atoms with Gasteiger partial charge < -0.3 is 38.3 Å². The van der Waals surface area contributed by atoms with Crippen LogP contribution in [0.15, 0.2) is 0 Å². The third-order valence-corrected chi connectivity index (χ3v) is 0. The van der Waals surface area contributed by atoms with E-state index in [0.717, 1.165) is 0 Å². The number of hydrogen-bond donors (Lipinski definition) is 0. The molecule has 0 spiro atoms. The van der Waals surface area contributed by atoms with Crippen LogP contribution in [-0.4, -0.2) is 38.3 Å². The minimum Gasteiger partial charge on any atom is -0.412 e. The average Bonchev–Trinajstić information content (AvgIpc) is 0. The van der Waals surface area contributed by atoms with Gasteiger partial charge in [0.05, 0.1) is 0 Å². The second kappa shape index (κ2) is 339. The Bertz CT molecular complexity index is 4.35. The summed E-state index contributed by atoms with van der Waals surface area (Å²) in [7, 11) is 0. The van der Waals surface area contributed by atoms with Crippen LogP contribution in [0.5, 0.6) is 0 Å². The molecule has 0 atom stereocenters. The first-order valence-corrected chi connectivity index (χ1v) is 0. The van der Waals surface area contributed by atoms with Gasteiger partial charge in [0, 0.05) is 0 Å². The summed E-state index contributed by atoms with van der Waals surface area (Å²) in [5.41, 5.74) is 0. The van der Waals surface area contributed by atoms with Gasteiger partial charge >= 0.3 is 41.7 Å². The van der Waals surface area contributed by atoms with Crippen LogP contribution in [0.4, 0.5) is 0 Å². The van der Waals surface area contributed by atoms with Crippen LogP contribution >= 0.6 is 0 Å². The van der Waals surface area contributed by atoms with Crippen molar-refractivity contribution in [1.29, 1.82) is 0 Å². The van der Waals surface area contributed by atoms with E-state index in [0.29, 0.717) is 0 Å². The molecule has 0 aliphatic rings. The normalized spacial score (nSPS) is 0. The maximum absolute atomic E-state index is 0. The van der Waals surface area contributed by atoms with Gasteiger partial charge in [0.2, 0.25) is 0 Å². The topological polar surface area (TPSA) is 220 Å². The summed E-state index contributed by atoms with van der Waals surface area (Å²) in [6, 6.07) is 0. The largest absolute Gasteiger partial charge is 3.00 e. The molecule has 0 heterocycles. The molecule has 0 fully saturated rings. The third-order valence-electron chi connectivity index (χ3n) is 0. The van der Waals surface area contributed by atoms with E-state index >= 15 is 0 Å². The van der Waals surface area contributed by atoms with Crippen LogP contribution in [-0.2, 0) is 0 Å². The van der Waals surface area contributed by atoms with Gasteiger partial charge in [0.15, 0.2) is 0 Å². The van der Waals surface area contributed by atoms with Crippen molar-refractivity contribution in [3.8, 4) is 0 Å². The molecule has 0 aromatic rings. The quantitative estimate of drug-likeness (QED) is 0.399. The van der Waals surface area contributed by atoms with Crippen molar-refractivity contribution in [2.24, 2.45) is 0 Å². The van der Waals surface area contributed by atoms with E-state index in [9.17, 15) is 0 Å². The van der Waals surface area contributed by atoms with Crippen molar-refractivity contribution in [2.75, 3.05) is 0 Å². The monoisotopic (exact) mass is 266 g/mol. The first-order chi connectivity index (χ1) is 0. The zero-order valence-electron chi connectivity index (χ0n) is 4.00. The maximum Gasteiger partial charge on any atom is 3.00 e. The van der Waals surface area contributed by atoms with Gasteiger partial charge in [-0.15, -0.1) is 0 Å². The van der Waals surface area contributed by atoms with E-state index in [2.05, 4.69) is 0 Å². The standard InChI is InChI=1S/Ce.7H2O/h;7*1H2/q+3;;;;;;;. The van der Waals surface area contributed by atoms with Gasteiger partial charge in [0.25, 0.3) is 0 Å². The smallest absolute Gasteiger partial charge is 0.412 e. The Morgan fingerprint density at radius 2 is 0.250 bits per heavy atom. The van der Waals surface area contributed by atoms with Crippen molar-refractivity contribution in [3.05, 3.63) is 0 Å². The molecule has 0 aromatic heterocycles. The Labute approximate surface area is 79.6 Å². The van der Waals surface area contributed by atoms with Crippen LogP contribution in [0, 0.1) is 41.7 Å². The molecule has 0 aromatic carbocycles. The first-order valence-electron chi connectivity index (χ1n) is 0. The molecule has 0 bridgehead atoms. The summed E-state index contributed by atoms with van der Waals surface area (Å²) in [6.45, 7) is 0. The SMILES string of the molecule is O.O.O.O.O.O.O.[Ce+3]. The predicted molar refractivity (Wildman–Crippen MR) is 25.3 cm³/mol. The van der Waals surface area contributed by atoms with Crippen molar-refractivity contribution in [3.63, 3.8) is 0 Å². The molecule has 7 nitrogen and oxygen atoms in total. The van der Waals surface area contributed by atoms with Crippen LogP contribution in [0.3, 0.4) is 0 Å². The van der Waals surface area contributed by atoms with E-state index in [-0.39, 0.29) is 80.1 Å². The molecule has 0 rings (SSSR count). The van der Waals surface area contributed by atoms with Gasteiger partial charge in [-0.25, -0.2) is 0 Å². The number of rotatable bonds is 0. The molecule has 0 aliphatic carbocycles. The Balaban J connectivity index is 0. The minimum atomic E-state index is 0. The molecule has 0 amide bonds. The Kier molecular flexibility index (Phi) is 21000. The minimum absolute atomic E-state index is 0. The summed E-state index contributed by atoms with van der Waals surface area (Å²) >= 11 is 0. The van der Waals surface area contributed by atoms with Gasteiger partial charge in [-0.1, -0.05) is 0 Å². The van der Waals surface area contributed by atoms with Gasteiger partial charge in [-0.2, -0.15) is 0 Å². The summed E-state index contributed by atoms with van der Waals surface area (Å²) in [5, 5.41) is 0. The molecule has 0 unspecified atom stereocenters. The first kappa shape index (κ1) is 496. The zero-order valence-corrected chi connectivity index (χ0v) is 7.14. The van der Waals surface area contributed by atoms with E-state index < -0.39 is 0 Å². The second-order valence-electron chi connectivity index (χ2n) is 0. The maximum atomic E-state index is 0. The zero-order chi connectivity index (χ0) is 0. The molecule has 0 saturated heterocycles. The average molecular weight is 266 g/mol. The summed E-state index contributed by atoms with van der Waals surface area (Å²) < 4.78 is 0. The van der Waals surface area contributed by atoms with Gasteiger partial charge in [-0.3, -0.25) is 0 Å². The van der Waals surface area contributed by atoms with E-state index in [4.69, 9.17) is 0 Å². The van der Waals surface area contributed by atoms with Crippen molar-refractivity contribution in [1.82, 2.24) is 0 Å². The molecule has 14 N–H and O–H groups in total. The van der Waals surface area contributed by atoms with Crippen molar-refractivity contribution in [2.45, 2.75) is 0 Å².